The zero-order chi connectivity index (χ0) is 21.4. The Hall–Kier alpha value is -3.14. The zero-order valence-electron chi connectivity index (χ0n) is 17.1. The summed E-state index contributed by atoms with van der Waals surface area (Å²) in [6.45, 7) is 5.33. The number of fused-ring (bicyclic) bond motifs is 3. The van der Waals surface area contributed by atoms with Gasteiger partial charge in [0.05, 0.1) is 18.7 Å². The van der Waals surface area contributed by atoms with Crippen molar-refractivity contribution in [1.29, 1.82) is 5.26 Å². The van der Waals surface area contributed by atoms with E-state index in [1.54, 1.807) is 45.0 Å². The van der Waals surface area contributed by atoms with E-state index in [1.807, 2.05) is 6.07 Å². The number of hydrogen-bond acceptors (Lipinski definition) is 6. The highest BCUT2D eigenvalue weighted by molar-refractivity contribution is 6.20. The summed E-state index contributed by atoms with van der Waals surface area (Å²) in [6, 6.07) is 9.07. The van der Waals surface area contributed by atoms with Crippen molar-refractivity contribution in [1.82, 2.24) is 4.57 Å². The van der Waals surface area contributed by atoms with Gasteiger partial charge in [0.1, 0.15) is 11.0 Å². The van der Waals surface area contributed by atoms with Crippen molar-refractivity contribution < 1.29 is 23.9 Å². The molecule has 0 amide bonds. The number of rotatable bonds is 3. The van der Waals surface area contributed by atoms with Gasteiger partial charge in [-0.05, 0) is 46.1 Å². The van der Waals surface area contributed by atoms with Gasteiger partial charge in [-0.15, -0.1) is 0 Å². The highest BCUT2D eigenvalue weighted by Gasteiger charge is 2.51. The number of carbonyl (C=O) groups is 3. The molecule has 1 unspecified atom stereocenters. The lowest BCUT2D eigenvalue weighted by molar-refractivity contribution is -0.150. The average Bonchev–Trinajstić information content (AvgIpc) is 3.01. The van der Waals surface area contributed by atoms with Crippen molar-refractivity contribution in [3.63, 3.8) is 0 Å². The molecule has 0 fully saturated rings. The molecule has 7 nitrogen and oxygen atoms in total. The molecule has 1 aromatic carbocycles. The first-order chi connectivity index (χ1) is 13.7. The van der Waals surface area contributed by atoms with E-state index in [9.17, 15) is 14.4 Å². The molecule has 0 spiro atoms. The third-order valence-electron chi connectivity index (χ3n) is 5.24. The fourth-order valence-corrected chi connectivity index (χ4v) is 3.98. The minimum absolute atomic E-state index is 0.0564. The van der Waals surface area contributed by atoms with E-state index in [0.717, 1.165) is 0 Å². The van der Waals surface area contributed by atoms with Crippen LogP contribution in [0.25, 0.3) is 10.9 Å². The lowest BCUT2D eigenvalue weighted by Crippen LogP contribution is -2.44. The van der Waals surface area contributed by atoms with E-state index in [-0.39, 0.29) is 19.3 Å². The lowest BCUT2D eigenvalue weighted by Gasteiger charge is -2.33. The van der Waals surface area contributed by atoms with Crippen LogP contribution in [-0.4, -0.2) is 35.1 Å². The quantitative estimate of drug-likeness (QED) is 0.574. The Morgan fingerprint density at radius 2 is 1.97 bits per heavy atom. The van der Waals surface area contributed by atoms with Gasteiger partial charge < -0.3 is 9.47 Å². The van der Waals surface area contributed by atoms with Gasteiger partial charge in [-0.2, -0.15) is 5.26 Å². The first kappa shape index (κ1) is 20.6. The average molecular weight is 396 g/mol. The number of ketones is 1. The molecule has 1 atom stereocenters. The number of ether oxygens (including phenoxy) is 2. The Labute approximate surface area is 169 Å². The summed E-state index contributed by atoms with van der Waals surface area (Å²) in [6.07, 6.45) is 0.0636. The summed E-state index contributed by atoms with van der Waals surface area (Å²) < 4.78 is 11.9. The molecule has 29 heavy (non-hydrogen) atoms. The molecule has 1 aliphatic rings. The van der Waals surface area contributed by atoms with Gasteiger partial charge in [-0.1, -0.05) is 18.2 Å². The predicted octanol–water partition coefficient (Wildman–Crippen LogP) is 4.02. The van der Waals surface area contributed by atoms with Crippen LogP contribution < -0.4 is 0 Å². The Balaban J connectivity index is 2.22. The summed E-state index contributed by atoms with van der Waals surface area (Å²) >= 11 is 0. The van der Waals surface area contributed by atoms with E-state index in [1.165, 1.54) is 11.7 Å². The van der Waals surface area contributed by atoms with Crippen molar-refractivity contribution >= 4 is 28.7 Å². The lowest BCUT2D eigenvalue weighted by atomic mass is 9.69. The normalized spacial score (nSPS) is 18.8. The van der Waals surface area contributed by atoms with Crippen LogP contribution >= 0.6 is 0 Å². The number of hydrogen-bond donors (Lipinski definition) is 0. The summed E-state index contributed by atoms with van der Waals surface area (Å²) in [4.78, 5) is 39.2. The summed E-state index contributed by atoms with van der Waals surface area (Å²) in [5, 5.41) is 9.61. The van der Waals surface area contributed by atoms with Crippen molar-refractivity contribution in [3.05, 3.63) is 35.5 Å². The van der Waals surface area contributed by atoms with E-state index in [0.29, 0.717) is 28.6 Å². The van der Waals surface area contributed by atoms with Crippen LogP contribution in [0.3, 0.4) is 0 Å². The number of esters is 1. The zero-order valence-corrected chi connectivity index (χ0v) is 17.1. The number of aromatic nitrogens is 1. The van der Waals surface area contributed by atoms with Gasteiger partial charge in [-0.25, -0.2) is 9.36 Å². The highest BCUT2D eigenvalue weighted by Crippen LogP contribution is 2.44. The second-order valence-corrected chi connectivity index (χ2v) is 8.22. The summed E-state index contributed by atoms with van der Waals surface area (Å²) in [7, 11) is 1.24. The number of Topliss-reactive ketones (excluding diaryl/α,β-unsaturated/α-hetero) is 1. The third-order valence-corrected chi connectivity index (χ3v) is 5.24. The molecule has 7 heteroatoms. The molecule has 0 saturated carbocycles. The highest BCUT2D eigenvalue weighted by atomic mass is 16.6. The molecular weight excluding hydrogens is 372 g/mol. The number of carbonyl (C=O) groups excluding carboxylic acids is 3. The van der Waals surface area contributed by atoms with Crippen LogP contribution in [0.15, 0.2) is 24.3 Å². The van der Waals surface area contributed by atoms with E-state index < -0.39 is 28.9 Å². The Morgan fingerprint density at radius 3 is 2.59 bits per heavy atom. The maximum atomic E-state index is 13.6. The summed E-state index contributed by atoms with van der Waals surface area (Å²) in [5.41, 5.74) is -0.694. The molecule has 0 bridgehead atoms. The first-order valence-corrected chi connectivity index (χ1v) is 9.52. The number of nitrogens with zero attached hydrogens (tertiary/aromatic N) is 2. The fraction of sp³-hybridized carbons (Fsp3) is 0.455. The maximum absolute atomic E-state index is 13.6. The largest absolute Gasteiger partial charge is 0.468 e. The van der Waals surface area contributed by atoms with Gasteiger partial charge in [-0.3, -0.25) is 9.59 Å². The van der Waals surface area contributed by atoms with E-state index in [4.69, 9.17) is 14.7 Å². The van der Waals surface area contributed by atoms with Crippen LogP contribution in [0, 0.1) is 16.7 Å². The van der Waals surface area contributed by atoms with Gasteiger partial charge in [0.2, 0.25) is 0 Å². The van der Waals surface area contributed by atoms with Crippen LogP contribution in [0.1, 0.15) is 56.1 Å². The van der Waals surface area contributed by atoms with E-state index in [2.05, 4.69) is 0 Å². The summed E-state index contributed by atoms with van der Waals surface area (Å²) in [5.74, 6) is -1.04. The molecule has 1 aliphatic carbocycles. The topological polar surface area (TPSA) is 98.4 Å². The minimum Gasteiger partial charge on any atom is -0.468 e. The fourth-order valence-electron chi connectivity index (χ4n) is 3.98. The number of benzene rings is 1. The number of nitriles is 1. The van der Waals surface area contributed by atoms with Crippen LogP contribution in [0.2, 0.25) is 0 Å². The Morgan fingerprint density at radius 1 is 1.28 bits per heavy atom. The van der Waals surface area contributed by atoms with Crippen LogP contribution in [0.5, 0.6) is 0 Å². The Kier molecular flexibility index (Phi) is 5.22. The second-order valence-electron chi connectivity index (χ2n) is 8.22. The maximum Gasteiger partial charge on any atom is 0.419 e. The second kappa shape index (κ2) is 7.36. The third kappa shape index (κ3) is 3.39. The van der Waals surface area contributed by atoms with Crippen LogP contribution in [-0.2, 0) is 20.7 Å². The monoisotopic (exact) mass is 396 g/mol. The van der Waals surface area contributed by atoms with Crippen molar-refractivity contribution in [2.75, 3.05) is 7.11 Å². The predicted molar refractivity (Wildman–Crippen MR) is 106 cm³/mol. The number of methoxy groups -OCH3 is 1. The molecule has 1 aromatic heterocycles. The number of para-hydroxylation sites is 1. The SMILES string of the molecule is COC(=O)C1(CCC#N)CCc2c(c3ccccc3n2C(=O)OC(C)(C)C)C1=O. The first-order valence-electron chi connectivity index (χ1n) is 9.52. The van der Waals surface area contributed by atoms with Gasteiger partial charge in [0, 0.05) is 23.1 Å². The molecular formula is C22H24N2O5. The van der Waals surface area contributed by atoms with Crippen molar-refractivity contribution in [2.45, 2.75) is 52.1 Å². The van der Waals surface area contributed by atoms with E-state index >= 15 is 0 Å². The molecule has 1 heterocycles. The van der Waals surface area contributed by atoms with Crippen molar-refractivity contribution in [2.24, 2.45) is 5.41 Å². The molecule has 0 N–H and O–H groups in total. The molecule has 152 valence electrons. The molecule has 2 aromatic rings. The molecule has 0 aliphatic heterocycles. The standard InChI is InChI=1S/C22H24N2O5/c1-21(2,3)29-20(27)24-15-9-6-5-8-14(15)17-16(24)10-12-22(18(17)25,11-7-13-23)19(26)28-4/h5-6,8-9H,7,10-12H2,1-4H3. The minimum atomic E-state index is -1.42. The smallest absolute Gasteiger partial charge is 0.419 e. The molecule has 3 rings (SSSR count). The van der Waals surface area contributed by atoms with Gasteiger partial charge >= 0.3 is 12.1 Å². The van der Waals surface area contributed by atoms with Crippen LogP contribution in [0.4, 0.5) is 4.79 Å². The molecule has 0 saturated heterocycles. The van der Waals surface area contributed by atoms with Crippen molar-refractivity contribution in [3.8, 4) is 6.07 Å². The Bertz CT molecular complexity index is 1040. The molecule has 0 radical (unpaired) electrons. The van der Waals surface area contributed by atoms with Gasteiger partial charge in [0.15, 0.2) is 5.78 Å². The van der Waals surface area contributed by atoms with Gasteiger partial charge in [0.25, 0.3) is 0 Å².